The molecule has 3 aliphatic heterocycles. The molecular formula is C18H18F2N4O2. The predicted molar refractivity (Wildman–Crippen MR) is 90.8 cm³/mol. The number of aromatic nitrogens is 1. The molecule has 2 N–H and O–H groups in total. The number of halogens is 2. The Morgan fingerprint density at radius 3 is 2.65 bits per heavy atom. The van der Waals surface area contributed by atoms with Crippen LogP contribution in [0.15, 0.2) is 18.5 Å². The topological polar surface area (TPSA) is 66.4 Å². The molecule has 3 atom stereocenters. The molecule has 0 spiro atoms. The molecule has 0 aliphatic carbocycles. The molecule has 2 bridgehead atoms. The number of imide groups is 1. The second-order valence-corrected chi connectivity index (χ2v) is 7.34. The van der Waals surface area contributed by atoms with Crippen LogP contribution in [0.5, 0.6) is 0 Å². The number of carbonyl (C=O) groups is 2. The lowest BCUT2D eigenvalue weighted by atomic mass is 10.1. The normalized spacial score (nSPS) is 28.2. The Kier molecular flexibility index (Phi) is 3.34. The SMILES string of the molecule is O=C1CCC(n2cc3c(F)cc(N4CC5CC4CN5)c(F)c3c2)C(=O)N1. The fourth-order valence-electron chi connectivity index (χ4n) is 4.45. The number of amides is 2. The highest BCUT2D eigenvalue weighted by Gasteiger charge is 2.39. The lowest BCUT2D eigenvalue weighted by molar-refractivity contribution is -0.135. The van der Waals surface area contributed by atoms with E-state index in [0.29, 0.717) is 19.0 Å². The molecule has 26 heavy (non-hydrogen) atoms. The minimum absolute atomic E-state index is 0.151. The first-order valence-corrected chi connectivity index (χ1v) is 8.84. The Bertz CT molecular complexity index is 941. The molecule has 3 unspecified atom stereocenters. The zero-order valence-electron chi connectivity index (χ0n) is 14.0. The Morgan fingerprint density at radius 1 is 1.15 bits per heavy atom. The second-order valence-electron chi connectivity index (χ2n) is 7.34. The second kappa shape index (κ2) is 5.51. The summed E-state index contributed by atoms with van der Waals surface area (Å²) in [6, 6.07) is 1.14. The number of hydrogen-bond acceptors (Lipinski definition) is 4. The fourth-order valence-corrected chi connectivity index (χ4v) is 4.45. The molecule has 3 fully saturated rings. The van der Waals surface area contributed by atoms with Gasteiger partial charge in [-0.15, -0.1) is 0 Å². The molecule has 1 aromatic heterocycles. The highest BCUT2D eigenvalue weighted by molar-refractivity contribution is 6.00. The summed E-state index contributed by atoms with van der Waals surface area (Å²) in [6.45, 7) is 1.45. The zero-order valence-corrected chi connectivity index (χ0v) is 14.0. The first kappa shape index (κ1) is 15.7. The third-order valence-electron chi connectivity index (χ3n) is 5.76. The number of hydrogen-bond donors (Lipinski definition) is 2. The van der Waals surface area contributed by atoms with Crippen LogP contribution in [0.3, 0.4) is 0 Å². The van der Waals surface area contributed by atoms with E-state index in [4.69, 9.17) is 0 Å². The average Bonchev–Trinajstić information content (AvgIpc) is 3.33. The molecule has 6 nitrogen and oxygen atoms in total. The van der Waals surface area contributed by atoms with Crippen LogP contribution in [-0.2, 0) is 9.59 Å². The zero-order chi connectivity index (χ0) is 18.0. The van der Waals surface area contributed by atoms with Crippen LogP contribution in [0.1, 0.15) is 25.3 Å². The van der Waals surface area contributed by atoms with Gasteiger partial charge >= 0.3 is 0 Å². The summed E-state index contributed by atoms with van der Waals surface area (Å²) in [5.41, 5.74) is 0.282. The van der Waals surface area contributed by atoms with E-state index in [1.165, 1.54) is 23.0 Å². The first-order chi connectivity index (χ1) is 12.5. The minimum atomic E-state index is -0.630. The molecule has 5 rings (SSSR count). The Labute approximate surface area is 148 Å². The summed E-state index contributed by atoms with van der Waals surface area (Å²) >= 11 is 0. The molecule has 2 aromatic rings. The van der Waals surface area contributed by atoms with Gasteiger partial charge in [0.15, 0.2) is 5.82 Å². The van der Waals surface area contributed by atoms with E-state index >= 15 is 4.39 Å². The van der Waals surface area contributed by atoms with E-state index in [1.807, 2.05) is 4.90 Å². The lowest BCUT2D eigenvalue weighted by Crippen LogP contribution is -2.44. The molecule has 3 saturated heterocycles. The van der Waals surface area contributed by atoms with Crippen molar-refractivity contribution >= 4 is 28.3 Å². The number of fused-ring (bicyclic) bond motifs is 3. The molecule has 4 heterocycles. The molecule has 1 aromatic carbocycles. The highest BCUT2D eigenvalue weighted by Crippen LogP contribution is 2.37. The van der Waals surface area contributed by atoms with E-state index in [0.717, 1.165) is 13.0 Å². The number of nitrogens with zero attached hydrogens (tertiary/aromatic N) is 2. The van der Waals surface area contributed by atoms with Crippen LogP contribution in [0.25, 0.3) is 10.8 Å². The van der Waals surface area contributed by atoms with Crippen LogP contribution in [0.4, 0.5) is 14.5 Å². The number of benzene rings is 1. The van der Waals surface area contributed by atoms with Gasteiger partial charge in [-0.25, -0.2) is 8.78 Å². The van der Waals surface area contributed by atoms with Crippen LogP contribution >= 0.6 is 0 Å². The van der Waals surface area contributed by atoms with Crippen molar-refractivity contribution in [1.82, 2.24) is 15.2 Å². The third kappa shape index (κ3) is 2.25. The van der Waals surface area contributed by atoms with Crippen LogP contribution in [-0.4, -0.2) is 41.6 Å². The summed E-state index contributed by atoms with van der Waals surface area (Å²) in [5.74, 6) is -1.72. The summed E-state index contributed by atoms with van der Waals surface area (Å²) in [6.07, 6.45) is 4.41. The maximum absolute atomic E-state index is 15.2. The van der Waals surface area contributed by atoms with Crippen molar-refractivity contribution in [2.45, 2.75) is 37.4 Å². The molecule has 8 heteroatoms. The van der Waals surface area contributed by atoms with Crippen molar-refractivity contribution in [3.05, 3.63) is 30.1 Å². The minimum Gasteiger partial charge on any atom is -0.363 e. The van der Waals surface area contributed by atoms with E-state index < -0.39 is 23.6 Å². The molecule has 0 saturated carbocycles. The quantitative estimate of drug-likeness (QED) is 0.796. The van der Waals surface area contributed by atoms with Gasteiger partial charge in [0.05, 0.1) is 5.69 Å². The van der Waals surface area contributed by atoms with Crippen molar-refractivity contribution in [2.24, 2.45) is 0 Å². The fraction of sp³-hybridized carbons (Fsp3) is 0.444. The Morgan fingerprint density at radius 2 is 1.96 bits per heavy atom. The van der Waals surface area contributed by atoms with E-state index in [2.05, 4.69) is 10.6 Å². The van der Waals surface area contributed by atoms with E-state index in [1.54, 1.807) is 0 Å². The highest BCUT2D eigenvalue weighted by atomic mass is 19.1. The van der Waals surface area contributed by atoms with Crippen molar-refractivity contribution in [2.75, 3.05) is 18.0 Å². The Balaban J connectivity index is 1.56. The van der Waals surface area contributed by atoms with Gasteiger partial charge in [-0.05, 0) is 12.8 Å². The largest absolute Gasteiger partial charge is 0.363 e. The number of piperazine rings is 1. The van der Waals surface area contributed by atoms with Gasteiger partial charge in [-0.2, -0.15) is 0 Å². The number of piperidine rings is 1. The first-order valence-electron chi connectivity index (χ1n) is 8.84. The van der Waals surface area contributed by atoms with Gasteiger partial charge in [0.2, 0.25) is 11.8 Å². The van der Waals surface area contributed by atoms with Crippen LogP contribution < -0.4 is 15.5 Å². The lowest BCUT2D eigenvalue weighted by Gasteiger charge is -2.30. The molecule has 0 radical (unpaired) electrons. The van der Waals surface area contributed by atoms with Crippen molar-refractivity contribution < 1.29 is 18.4 Å². The van der Waals surface area contributed by atoms with Gasteiger partial charge in [-0.3, -0.25) is 14.9 Å². The van der Waals surface area contributed by atoms with Gasteiger partial charge in [0.1, 0.15) is 11.9 Å². The smallest absolute Gasteiger partial charge is 0.249 e. The number of carbonyl (C=O) groups excluding carboxylic acids is 2. The van der Waals surface area contributed by atoms with Gasteiger partial charge < -0.3 is 14.8 Å². The Hall–Kier alpha value is -2.48. The van der Waals surface area contributed by atoms with Gasteiger partial charge in [0, 0.05) is 60.8 Å². The van der Waals surface area contributed by atoms with Crippen molar-refractivity contribution in [3.63, 3.8) is 0 Å². The predicted octanol–water partition coefficient (Wildman–Crippen LogP) is 1.45. The summed E-state index contributed by atoms with van der Waals surface area (Å²) in [4.78, 5) is 25.3. The van der Waals surface area contributed by atoms with Gasteiger partial charge in [-0.1, -0.05) is 0 Å². The van der Waals surface area contributed by atoms with Crippen LogP contribution in [0, 0.1) is 11.6 Å². The van der Waals surface area contributed by atoms with Crippen molar-refractivity contribution in [3.8, 4) is 0 Å². The number of nitrogens with one attached hydrogen (secondary N) is 2. The summed E-state index contributed by atoms with van der Waals surface area (Å²) in [5, 5.41) is 5.94. The molecular weight excluding hydrogens is 342 g/mol. The average molecular weight is 360 g/mol. The van der Waals surface area contributed by atoms with Crippen LogP contribution in [0.2, 0.25) is 0 Å². The van der Waals surface area contributed by atoms with E-state index in [-0.39, 0.29) is 34.8 Å². The maximum atomic E-state index is 15.2. The van der Waals surface area contributed by atoms with Gasteiger partial charge in [0.25, 0.3) is 0 Å². The molecule has 2 amide bonds. The summed E-state index contributed by atoms with van der Waals surface area (Å²) < 4.78 is 31.4. The monoisotopic (exact) mass is 360 g/mol. The maximum Gasteiger partial charge on any atom is 0.249 e. The summed E-state index contributed by atoms with van der Waals surface area (Å²) in [7, 11) is 0. The standard InChI is InChI=1S/C18H18F2N4O2/c19-13-4-15(24-6-9-3-10(24)5-21-9)17(20)12-8-23(7-11(12)13)14-1-2-16(25)22-18(14)26/h4,7-10,14,21H,1-3,5-6H2,(H,22,25,26). The number of rotatable bonds is 2. The number of anilines is 1. The molecule has 3 aliphatic rings. The van der Waals surface area contributed by atoms with E-state index in [9.17, 15) is 14.0 Å². The molecule has 136 valence electrons. The van der Waals surface area contributed by atoms with Crippen molar-refractivity contribution in [1.29, 1.82) is 0 Å². The third-order valence-corrected chi connectivity index (χ3v) is 5.76.